The van der Waals surface area contributed by atoms with Gasteiger partial charge in [0.15, 0.2) is 5.78 Å². The van der Waals surface area contributed by atoms with Crippen LogP contribution in [0, 0.1) is 10.8 Å². The first-order valence-corrected chi connectivity index (χ1v) is 13.1. The van der Waals surface area contributed by atoms with Crippen molar-refractivity contribution < 1.29 is 14.3 Å². The minimum absolute atomic E-state index is 0.117. The van der Waals surface area contributed by atoms with E-state index < -0.39 is 10.8 Å². The molecule has 0 radical (unpaired) electrons. The van der Waals surface area contributed by atoms with Gasteiger partial charge in [-0.15, -0.1) is 0 Å². The van der Waals surface area contributed by atoms with E-state index in [0.29, 0.717) is 12.8 Å². The Morgan fingerprint density at radius 2 is 1.03 bits per heavy atom. The van der Waals surface area contributed by atoms with Crippen LogP contribution in [0.15, 0.2) is 134 Å². The summed E-state index contributed by atoms with van der Waals surface area (Å²) in [7, 11) is 0. The van der Waals surface area contributed by atoms with Gasteiger partial charge in [-0.25, -0.2) is 0 Å². The topological polar surface area (TPSA) is 35.5 Å². The van der Waals surface area contributed by atoms with Gasteiger partial charge >= 0.3 is 0 Å². The molecule has 0 N–H and O–H groups in total. The van der Waals surface area contributed by atoms with Gasteiger partial charge < -0.3 is 9.47 Å². The highest BCUT2D eigenvalue weighted by atomic mass is 16.5. The Morgan fingerprint density at radius 1 is 0.579 bits per heavy atom. The van der Waals surface area contributed by atoms with E-state index in [1.54, 1.807) is 0 Å². The van der Waals surface area contributed by atoms with Crippen molar-refractivity contribution in [3.8, 4) is 11.5 Å². The van der Waals surface area contributed by atoms with Gasteiger partial charge in [-0.2, -0.15) is 0 Å². The maximum atomic E-state index is 14.6. The zero-order chi connectivity index (χ0) is 25.8. The summed E-state index contributed by atoms with van der Waals surface area (Å²) in [5.41, 5.74) is -1.60. The lowest BCUT2D eigenvalue weighted by Crippen LogP contribution is -2.48. The predicted molar refractivity (Wildman–Crippen MR) is 155 cm³/mol. The van der Waals surface area contributed by atoms with E-state index in [4.69, 9.17) is 9.47 Å². The first-order chi connectivity index (χ1) is 18.7. The quantitative estimate of drug-likeness (QED) is 0.247. The highest BCUT2D eigenvalue weighted by Gasteiger charge is 2.49. The Hall–Kier alpha value is -4.37. The Labute approximate surface area is 223 Å². The molecular weight excluding hydrogens is 468 g/mol. The summed E-state index contributed by atoms with van der Waals surface area (Å²) in [5.74, 6) is 1.70. The Balaban J connectivity index is 1.31. The van der Waals surface area contributed by atoms with Gasteiger partial charge in [0.2, 0.25) is 0 Å². The van der Waals surface area contributed by atoms with E-state index >= 15 is 0 Å². The number of carbonyl (C=O) groups is 1. The molecule has 0 saturated heterocycles. The highest BCUT2D eigenvalue weighted by Crippen LogP contribution is 2.43. The number of fused-ring (bicyclic) bond motifs is 2. The van der Waals surface area contributed by atoms with Crippen LogP contribution in [0.4, 0.5) is 0 Å². The van der Waals surface area contributed by atoms with E-state index in [0.717, 1.165) is 33.0 Å². The van der Waals surface area contributed by atoms with Crippen LogP contribution in [0.3, 0.4) is 0 Å². The first-order valence-electron chi connectivity index (χ1n) is 13.1. The summed E-state index contributed by atoms with van der Waals surface area (Å²) in [4.78, 5) is 14.6. The Morgan fingerprint density at radius 3 is 1.47 bits per heavy atom. The van der Waals surface area contributed by atoms with Gasteiger partial charge in [-0.3, -0.25) is 4.79 Å². The molecule has 0 fully saturated rings. The molecule has 38 heavy (non-hydrogen) atoms. The van der Waals surface area contributed by atoms with Crippen LogP contribution in [0.2, 0.25) is 0 Å². The fraction of sp³-hybridized carbons (Fsp3) is 0.171. The molecule has 0 aromatic heterocycles. The molecule has 0 spiro atoms. The largest absolute Gasteiger partial charge is 0.492 e. The van der Waals surface area contributed by atoms with Crippen molar-refractivity contribution in [3.63, 3.8) is 0 Å². The van der Waals surface area contributed by atoms with Crippen LogP contribution in [-0.2, 0) is 4.79 Å². The zero-order valence-electron chi connectivity index (χ0n) is 21.3. The first kappa shape index (κ1) is 24.0. The second-order valence-corrected chi connectivity index (χ2v) is 10.2. The molecule has 0 aliphatic heterocycles. The van der Waals surface area contributed by atoms with E-state index in [-0.39, 0.29) is 19.0 Å². The fourth-order valence-corrected chi connectivity index (χ4v) is 5.56. The molecule has 4 aromatic rings. The van der Waals surface area contributed by atoms with Crippen LogP contribution in [0.5, 0.6) is 11.5 Å². The predicted octanol–water partition coefficient (Wildman–Crippen LogP) is 8.02. The molecule has 3 nitrogen and oxygen atoms in total. The van der Waals surface area contributed by atoms with E-state index in [2.05, 4.69) is 48.6 Å². The molecule has 2 unspecified atom stereocenters. The maximum Gasteiger partial charge on any atom is 0.160 e. The van der Waals surface area contributed by atoms with E-state index in [1.165, 1.54) is 0 Å². The number of hydrogen-bond acceptors (Lipinski definition) is 3. The maximum absolute atomic E-state index is 14.6. The van der Waals surface area contributed by atoms with Crippen molar-refractivity contribution in [1.29, 1.82) is 0 Å². The molecule has 3 heteroatoms. The zero-order valence-corrected chi connectivity index (χ0v) is 21.3. The number of carbonyl (C=O) groups excluding carboxylic acids is 1. The molecule has 188 valence electrons. The summed E-state index contributed by atoms with van der Waals surface area (Å²) >= 11 is 0. The van der Waals surface area contributed by atoms with Crippen molar-refractivity contribution >= 4 is 27.3 Å². The van der Waals surface area contributed by atoms with Gasteiger partial charge in [0.25, 0.3) is 0 Å². The highest BCUT2D eigenvalue weighted by molar-refractivity contribution is 5.95. The fourth-order valence-electron chi connectivity index (χ4n) is 5.56. The summed E-state index contributed by atoms with van der Waals surface area (Å²) in [6, 6.07) is 28.4. The monoisotopic (exact) mass is 498 g/mol. The molecule has 0 heterocycles. The van der Waals surface area contributed by atoms with Crippen molar-refractivity contribution in [2.75, 3.05) is 13.2 Å². The standard InChI is InChI=1S/C35H30O3/c36-33(34(21-7-1-8-22-34)25-37-31-19-11-15-27-13-3-5-17-29(27)31)35(23-9-2-10-24-35)26-38-32-20-12-16-28-14-4-6-18-30(28)32/h1-21,23H,22,24-26H2. The smallest absolute Gasteiger partial charge is 0.160 e. The average Bonchev–Trinajstić information content (AvgIpc) is 2.99. The second-order valence-electron chi connectivity index (χ2n) is 10.2. The molecule has 4 aromatic carbocycles. The molecule has 2 aliphatic rings. The van der Waals surface area contributed by atoms with Gasteiger partial charge in [-0.05, 0) is 35.7 Å². The summed E-state index contributed by atoms with van der Waals surface area (Å²) in [5, 5.41) is 4.32. The van der Waals surface area contributed by atoms with Crippen LogP contribution in [0.1, 0.15) is 12.8 Å². The SMILES string of the molecule is O=C(C1(COc2cccc3ccccc23)C=CC=CC1)C1(COc2cccc3ccccc23)C=CC=CC1. The summed E-state index contributed by atoms with van der Waals surface area (Å²) in [6.45, 7) is 0.516. The van der Waals surface area contributed by atoms with Crippen LogP contribution in [0.25, 0.3) is 21.5 Å². The Bertz CT molecular complexity index is 1480. The lowest BCUT2D eigenvalue weighted by molar-refractivity contribution is -0.137. The number of allylic oxidation sites excluding steroid dienone is 6. The van der Waals surface area contributed by atoms with Crippen molar-refractivity contribution in [2.24, 2.45) is 10.8 Å². The number of rotatable bonds is 8. The van der Waals surface area contributed by atoms with Gasteiger partial charge in [0.05, 0.1) is 10.8 Å². The van der Waals surface area contributed by atoms with Crippen LogP contribution < -0.4 is 9.47 Å². The lowest BCUT2D eigenvalue weighted by atomic mass is 9.65. The average molecular weight is 499 g/mol. The number of ketones is 1. The van der Waals surface area contributed by atoms with E-state index in [1.807, 2.05) is 85.0 Å². The molecule has 0 saturated carbocycles. The number of ether oxygens (including phenoxy) is 2. The molecule has 2 aliphatic carbocycles. The van der Waals surface area contributed by atoms with Crippen LogP contribution in [-0.4, -0.2) is 19.0 Å². The summed E-state index contributed by atoms with van der Waals surface area (Å²) < 4.78 is 12.9. The minimum atomic E-state index is -0.802. The van der Waals surface area contributed by atoms with Crippen molar-refractivity contribution in [2.45, 2.75) is 12.8 Å². The molecule has 2 atom stereocenters. The lowest BCUT2D eigenvalue weighted by Gasteiger charge is -2.39. The Kier molecular flexibility index (Phi) is 6.43. The summed E-state index contributed by atoms with van der Waals surface area (Å²) in [6.07, 6.45) is 17.3. The molecular formula is C35H30O3. The number of benzene rings is 4. The van der Waals surface area contributed by atoms with Crippen molar-refractivity contribution in [3.05, 3.63) is 134 Å². The second kappa shape index (κ2) is 10.2. The third kappa shape index (κ3) is 4.45. The molecule has 6 rings (SSSR count). The minimum Gasteiger partial charge on any atom is -0.492 e. The van der Waals surface area contributed by atoms with E-state index in [9.17, 15) is 4.79 Å². The number of Topliss-reactive ketones (excluding diaryl/α,β-unsaturated/α-hetero) is 1. The van der Waals surface area contributed by atoms with Gasteiger partial charge in [0.1, 0.15) is 24.7 Å². The van der Waals surface area contributed by atoms with Gasteiger partial charge in [-0.1, -0.05) is 121 Å². The number of hydrogen-bond donors (Lipinski definition) is 0. The third-order valence-electron chi connectivity index (χ3n) is 7.66. The third-order valence-corrected chi connectivity index (χ3v) is 7.66. The van der Waals surface area contributed by atoms with Gasteiger partial charge in [0, 0.05) is 10.8 Å². The normalized spacial score (nSPS) is 22.1. The molecule has 0 bridgehead atoms. The molecule has 0 amide bonds. The van der Waals surface area contributed by atoms with Crippen LogP contribution >= 0.6 is 0 Å². The van der Waals surface area contributed by atoms with Crippen molar-refractivity contribution in [1.82, 2.24) is 0 Å².